The van der Waals surface area contributed by atoms with Crippen molar-refractivity contribution in [3.05, 3.63) is 66.2 Å². The molecule has 0 aliphatic carbocycles. The minimum absolute atomic E-state index is 0.0138. The molecule has 2 nitrogen and oxygen atoms in total. The van der Waals surface area contributed by atoms with Crippen molar-refractivity contribution in [1.82, 2.24) is 0 Å². The molecule has 2 rings (SSSR count). The van der Waals surface area contributed by atoms with E-state index in [1.807, 2.05) is 62.4 Å². The number of carbonyl (C=O) groups excluding carboxylic acids is 1. The Kier molecular flexibility index (Phi) is 5.88. The van der Waals surface area contributed by atoms with E-state index in [1.165, 1.54) is 11.8 Å². The summed E-state index contributed by atoms with van der Waals surface area (Å²) in [6.07, 6.45) is 0. The molecule has 0 bridgehead atoms. The molecule has 0 aliphatic heterocycles. The van der Waals surface area contributed by atoms with Crippen molar-refractivity contribution in [3.63, 3.8) is 0 Å². The molecule has 0 unspecified atom stereocenters. The van der Waals surface area contributed by atoms with E-state index < -0.39 is 0 Å². The average molecular weight is 299 g/mol. The van der Waals surface area contributed by atoms with Gasteiger partial charge in [0.05, 0.1) is 6.04 Å². The number of hydrogen-bond acceptors (Lipinski definition) is 3. The number of carbonyl (C=O) groups is 1. The van der Waals surface area contributed by atoms with E-state index in [0.717, 1.165) is 17.0 Å². The smallest absolute Gasteiger partial charge is 0.194 e. The van der Waals surface area contributed by atoms with Gasteiger partial charge in [-0.15, -0.1) is 0 Å². The maximum atomic E-state index is 12.3. The molecule has 0 heterocycles. The molecular weight excluding hydrogens is 278 g/mol. The molecule has 0 aliphatic rings. The number of rotatable bonds is 6. The lowest BCUT2D eigenvalue weighted by Gasteiger charge is -2.25. The van der Waals surface area contributed by atoms with Gasteiger partial charge in [-0.3, -0.25) is 4.79 Å². The Morgan fingerprint density at radius 3 is 2.19 bits per heavy atom. The molecule has 0 saturated heterocycles. The van der Waals surface area contributed by atoms with E-state index in [-0.39, 0.29) is 17.1 Å². The number of nitrogens with one attached hydrogen (secondary N) is 1. The highest BCUT2D eigenvalue weighted by atomic mass is 32.2. The summed E-state index contributed by atoms with van der Waals surface area (Å²) < 4.78 is 0. The molecule has 0 fully saturated rings. The second kappa shape index (κ2) is 7.89. The maximum Gasteiger partial charge on any atom is 0.194 e. The van der Waals surface area contributed by atoms with Crippen LogP contribution in [0.3, 0.4) is 0 Å². The molecule has 0 saturated carbocycles. The topological polar surface area (TPSA) is 29.1 Å². The molecule has 2 atom stereocenters. The van der Waals surface area contributed by atoms with E-state index in [9.17, 15) is 4.79 Å². The summed E-state index contributed by atoms with van der Waals surface area (Å²) >= 11 is 1.39. The first-order chi connectivity index (χ1) is 10.2. The van der Waals surface area contributed by atoms with Gasteiger partial charge in [-0.25, -0.2) is 0 Å². The molecular formula is C18H21NOS. The normalized spacial score (nSPS) is 13.4. The molecule has 0 spiro atoms. The molecule has 0 aromatic heterocycles. The number of thioether (sulfide) groups is 1. The fourth-order valence-corrected chi connectivity index (χ4v) is 2.96. The van der Waals surface area contributed by atoms with Gasteiger partial charge in [0.2, 0.25) is 0 Å². The second-order valence-corrected chi connectivity index (χ2v) is 6.21. The van der Waals surface area contributed by atoms with Crippen LogP contribution in [0.1, 0.15) is 25.5 Å². The van der Waals surface area contributed by atoms with Crippen LogP contribution >= 0.6 is 11.8 Å². The Morgan fingerprint density at radius 1 is 1.05 bits per heavy atom. The lowest BCUT2D eigenvalue weighted by Crippen LogP contribution is -2.24. The lowest BCUT2D eigenvalue weighted by molar-refractivity contribution is -0.114. The predicted molar refractivity (Wildman–Crippen MR) is 91.6 cm³/mol. The number of anilines is 1. The van der Waals surface area contributed by atoms with E-state index in [4.69, 9.17) is 0 Å². The van der Waals surface area contributed by atoms with E-state index in [1.54, 1.807) is 0 Å². The molecule has 1 N–H and O–H groups in total. The van der Waals surface area contributed by atoms with Gasteiger partial charge in [-0.05, 0) is 23.4 Å². The first kappa shape index (κ1) is 15.6. The van der Waals surface area contributed by atoms with Crippen LogP contribution in [0.4, 0.5) is 5.69 Å². The van der Waals surface area contributed by atoms with Gasteiger partial charge < -0.3 is 5.32 Å². The predicted octanol–water partition coefficient (Wildman–Crippen LogP) is 4.76. The van der Waals surface area contributed by atoms with Gasteiger partial charge in [0.25, 0.3) is 0 Å². The average Bonchev–Trinajstić information content (AvgIpc) is 2.54. The van der Waals surface area contributed by atoms with Crippen LogP contribution in [0.25, 0.3) is 0 Å². The fraction of sp³-hybridized carbons (Fsp3) is 0.278. The van der Waals surface area contributed by atoms with Crippen molar-refractivity contribution in [2.75, 3.05) is 11.1 Å². The molecule has 2 aromatic carbocycles. The van der Waals surface area contributed by atoms with Crippen LogP contribution in [0.5, 0.6) is 0 Å². The maximum absolute atomic E-state index is 12.3. The van der Waals surface area contributed by atoms with E-state index >= 15 is 0 Å². The zero-order chi connectivity index (χ0) is 15.1. The van der Waals surface area contributed by atoms with Crippen molar-refractivity contribution < 1.29 is 4.79 Å². The van der Waals surface area contributed by atoms with Gasteiger partial charge in [0, 0.05) is 11.6 Å². The Morgan fingerprint density at radius 2 is 1.62 bits per heavy atom. The quantitative estimate of drug-likeness (QED) is 0.834. The van der Waals surface area contributed by atoms with Gasteiger partial charge in [0.1, 0.15) is 0 Å². The molecule has 21 heavy (non-hydrogen) atoms. The summed E-state index contributed by atoms with van der Waals surface area (Å²) in [5.41, 5.74) is 2.17. The highest BCUT2D eigenvalue weighted by Gasteiger charge is 2.25. The fourth-order valence-electron chi connectivity index (χ4n) is 2.28. The number of para-hydroxylation sites is 1. The first-order valence-corrected chi connectivity index (χ1v) is 8.24. The summed E-state index contributed by atoms with van der Waals surface area (Å²) in [5.74, 6) is 0.730. The van der Waals surface area contributed by atoms with Gasteiger partial charge in [-0.1, -0.05) is 74.1 Å². The second-order valence-electron chi connectivity index (χ2n) is 4.94. The third-order valence-electron chi connectivity index (χ3n) is 3.41. The summed E-state index contributed by atoms with van der Waals surface area (Å²) in [7, 11) is 0. The van der Waals surface area contributed by atoms with Crippen molar-refractivity contribution in [1.29, 1.82) is 0 Å². The summed E-state index contributed by atoms with van der Waals surface area (Å²) in [5, 5.41) is 3.73. The highest BCUT2D eigenvalue weighted by molar-refractivity contribution is 8.13. The van der Waals surface area contributed by atoms with Crippen LogP contribution in [0.15, 0.2) is 60.7 Å². The summed E-state index contributed by atoms with van der Waals surface area (Å²) in [6, 6.07) is 20.2. The minimum Gasteiger partial charge on any atom is -0.377 e. The van der Waals surface area contributed by atoms with Crippen molar-refractivity contribution in [3.8, 4) is 0 Å². The molecule has 0 radical (unpaired) electrons. The van der Waals surface area contributed by atoms with Crippen molar-refractivity contribution in [2.24, 2.45) is 5.92 Å². The van der Waals surface area contributed by atoms with E-state index in [2.05, 4.69) is 17.4 Å². The largest absolute Gasteiger partial charge is 0.377 e. The zero-order valence-corrected chi connectivity index (χ0v) is 13.3. The van der Waals surface area contributed by atoms with Gasteiger partial charge in [-0.2, -0.15) is 0 Å². The monoisotopic (exact) mass is 299 g/mol. The summed E-state index contributed by atoms with van der Waals surface area (Å²) in [4.78, 5) is 12.3. The van der Waals surface area contributed by atoms with Crippen LogP contribution in [-0.2, 0) is 4.79 Å². The third kappa shape index (κ3) is 4.36. The zero-order valence-electron chi connectivity index (χ0n) is 12.5. The van der Waals surface area contributed by atoms with Crippen LogP contribution in [0.2, 0.25) is 0 Å². The standard InChI is InChI=1S/C18H21NOS/c1-3-21-18(20)14(2)17(15-10-6-4-7-11-15)19-16-12-8-5-9-13-16/h4-14,17,19H,3H2,1-2H3/t14-,17+/m0/s1. The van der Waals surface area contributed by atoms with Crippen molar-refractivity contribution in [2.45, 2.75) is 19.9 Å². The SMILES string of the molecule is CCSC(=O)[C@@H](C)[C@@H](Nc1ccccc1)c1ccccc1. The highest BCUT2D eigenvalue weighted by Crippen LogP contribution is 2.29. The molecule has 3 heteroatoms. The summed E-state index contributed by atoms with van der Waals surface area (Å²) in [6.45, 7) is 4.01. The van der Waals surface area contributed by atoms with Gasteiger partial charge >= 0.3 is 0 Å². The molecule has 0 amide bonds. The first-order valence-electron chi connectivity index (χ1n) is 7.25. The minimum atomic E-state index is -0.0856. The van der Waals surface area contributed by atoms with Crippen LogP contribution in [0, 0.1) is 5.92 Å². The van der Waals surface area contributed by atoms with Crippen LogP contribution in [-0.4, -0.2) is 10.9 Å². The lowest BCUT2D eigenvalue weighted by atomic mass is 9.95. The van der Waals surface area contributed by atoms with Gasteiger partial charge in [0.15, 0.2) is 5.12 Å². The Bertz CT molecular complexity index is 556. The molecule has 2 aromatic rings. The Hall–Kier alpha value is -1.74. The van der Waals surface area contributed by atoms with E-state index in [0.29, 0.717) is 0 Å². The number of benzene rings is 2. The molecule has 110 valence electrons. The third-order valence-corrected chi connectivity index (χ3v) is 4.36. The Labute approximate surface area is 131 Å². The van der Waals surface area contributed by atoms with Crippen LogP contribution < -0.4 is 5.32 Å². The Balaban J connectivity index is 2.24. The number of hydrogen-bond donors (Lipinski definition) is 1. The van der Waals surface area contributed by atoms with Crippen molar-refractivity contribution >= 4 is 22.6 Å².